The summed E-state index contributed by atoms with van der Waals surface area (Å²) in [6, 6.07) is 3.13. The van der Waals surface area contributed by atoms with Gasteiger partial charge in [-0.2, -0.15) is 0 Å². The van der Waals surface area contributed by atoms with Crippen LogP contribution in [0.1, 0.15) is 30.8 Å². The monoisotopic (exact) mass is 218 g/mol. The second kappa shape index (κ2) is 4.67. The topological polar surface area (TPSA) is 62.2 Å². The summed E-state index contributed by atoms with van der Waals surface area (Å²) in [6.07, 6.45) is 7.31. The summed E-state index contributed by atoms with van der Waals surface area (Å²) in [5.41, 5.74) is 0.548. The van der Waals surface area contributed by atoms with Crippen LogP contribution in [-0.2, 0) is 0 Å². The first-order valence-corrected chi connectivity index (χ1v) is 4.85. The molecule has 0 aliphatic rings. The number of anilines is 1. The first kappa shape index (κ1) is 12.1. The minimum absolute atomic E-state index is 0.0281. The molecule has 4 heteroatoms. The maximum absolute atomic E-state index is 10.6. The van der Waals surface area contributed by atoms with Gasteiger partial charge in [-0.25, -0.2) is 9.78 Å². The molecule has 0 radical (unpaired) electrons. The number of pyridine rings is 1. The predicted octanol–water partition coefficient (Wildman–Crippen LogP) is 1.99. The average molecular weight is 218 g/mol. The van der Waals surface area contributed by atoms with Crippen LogP contribution in [0.25, 0.3) is 0 Å². The Morgan fingerprint density at radius 2 is 2.31 bits per heavy atom. The van der Waals surface area contributed by atoms with Crippen molar-refractivity contribution in [2.45, 2.75) is 25.8 Å². The number of hydrogen-bond acceptors (Lipinski definition) is 3. The summed E-state index contributed by atoms with van der Waals surface area (Å²) in [5.74, 6) is 1.55. The Labute approximate surface area is 94.7 Å². The summed E-state index contributed by atoms with van der Waals surface area (Å²) in [4.78, 5) is 14.4. The number of nitrogens with zero attached hydrogens (tertiary/aromatic N) is 1. The molecule has 0 aliphatic carbocycles. The zero-order valence-electron chi connectivity index (χ0n) is 9.32. The summed E-state index contributed by atoms with van der Waals surface area (Å²) >= 11 is 0. The van der Waals surface area contributed by atoms with Gasteiger partial charge in [0.05, 0.1) is 11.9 Å². The molecule has 0 fully saturated rings. The van der Waals surface area contributed by atoms with Crippen LogP contribution < -0.4 is 5.32 Å². The largest absolute Gasteiger partial charge is 0.477 e. The van der Waals surface area contributed by atoms with E-state index in [0.717, 1.165) is 5.69 Å². The van der Waals surface area contributed by atoms with E-state index in [1.54, 1.807) is 6.07 Å². The second-order valence-corrected chi connectivity index (χ2v) is 4.13. The van der Waals surface area contributed by atoms with Gasteiger partial charge >= 0.3 is 5.97 Å². The van der Waals surface area contributed by atoms with Crippen LogP contribution in [0.2, 0.25) is 0 Å². The highest BCUT2D eigenvalue weighted by Crippen LogP contribution is 2.16. The molecule has 0 atom stereocenters. The lowest BCUT2D eigenvalue weighted by molar-refractivity contribution is 0.0690. The van der Waals surface area contributed by atoms with Crippen molar-refractivity contribution in [2.24, 2.45) is 0 Å². The van der Waals surface area contributed by atoms with Crippen molar-refractivity contribution in [2.75, 3.05) is 5.32 Å². The quantitative estimate of drug-likeness (QED) is 0.759. The number of terminal acetylenes is 1. The molecular weight excluding hydrogens is 204 g/mol. The molecule has 0 aromatic carbocycles. The first-order chi connectivity index (χ1) is 7.44. The van der Waals surface area contributed by atoms with E-state index in [1.807, 2.05) is 13.8 Å². The average Bonchev–Trinajstić information content (AvgIpc) is 2.17. The van der Waals surface area contributed by atoms with E-state index in [2.05, 4.69) is 16.2 Å². The molecule has 1 aromatic heterocycles. The van der Waals surface area contributed by atoms with Crippen molar-refractivity contribution in [3.63, 3.8) is 0 Å². The molecule has 0 saturated carbocycles. The van der Waals surface area contributed by atoms with Crippen LogP contribution in [0.15, 0.2) is 18.3 Å². The molecule has 0 amide bonds. The van der Waals surface area contributed by atoms with Gasteiger partial charge in [-0.1, -0.05) is 0 Å². The fourth-order valence-corrected chi connectivity index (χ4v) is 1.28. The smallest absolute Gasteiger partial charge is 0.354 e. The summed E-state index contributed by atoms with van der Waals surface area (Å²) in [5, 5.41) is 11.9. The van der Waals surface area contributed by atoms with Crippen LogP contribution >= 0.6 is 0 Å². The number of carboxylic acids is 1. The van der Waals surface area contributed by atoms with Gasteiger partial charge in [0.2, 0.25) is 0 Å². The highest BCUT2D eigenvalue weighted by Gasteiger charge is 2.16. The third kappa shape index (κ3) is 3.28. The Balaban J connectivity index is 2.76. The Morgan fingerprint density at radius 1 is 1.62 bits per heavy atom. The fourth-order valence-electron chi connectivity index (χ4n) is 1.28. The van der Waals surface area contributed by atoms with E-state index in [0.29, 0.717) is 6.42 Å². The van der Waals surface area contributed by atoms with Crippen LogP contribution in [0, 0.1) is 12.3 Å². The van der Waals surface area contributed by atoms with Gasteiger partial charge in [0, 0.05) is 12.0 Å². The maximum Gasteiger partial charge on any atom is 0.354 e. The number of aromatic carboxylic acids is 1. The zero-order valence-corrected chi connectivity index (χ0v) is 9.32. The van der Waals surface area contributed by atoms with E-state index >= 15 is 0 Å². The van der Waals surface area contributed by atoms with Gasteiger partial charge in [-0.3, -0.25) is 0 Å². The lowest BCUT2D eigenvalue weighted by Gasteiger charge is -2.24. The summed E-state index contributed by atoms with van der Waals surface area (Å²) in [6.45, 7) is 3.94. The molecule has 0 spiro atoms. The molecule has 1 aromatic rings. The van der Waals surface area contributed by atoms with Gasteiger partial charge < -0.3 is 10.4 Å². The van der Waals surface area contributed by atoms with E-state index in [4.69, 9.17) is 11.5 Å². The predicted molar refractivity (Wildman–Crippen MR) is 62.3 cm³/mol. The standard InChI is InChI=1S/C12H14N2O2/c1-4-7-12(2,3)14-9-5-6-10(11(15)16)13-8-9/h1,5-6,8,14H,7H2,2-3H3,(H,15,16). The third-order valence-corrected chi connectivity index (χ3v) is 2.01. The first-order valence-electron chi connectivity index (χ1n) is 4.85. The van der Waals surface area contributed by atoms with E-state index in [-0.39, 0.29) is 11.2 Å². The highest BCUT2D eigenvalue weighted by molar-refractivity contribution is 5.85. The molecule has 1 rings (SSSR count). The number of rotatable bonds is 4. The normalized spacial score (nSPS) is 10.6. The van der Waals surface area contributed by atoms with Crippen molar-refractivity contribution < 1.29 is 9.90 Å². The minimum Gasteiger partial charge on any atom is -0.477 e. The van der Waals surface area contributed by atoms with Crippen molar-refractivity contribution in [3.8, 4) is 12.3 Å². The Kier molecular flexibility index (Phi) is 3.51. The maximum atomic E-state index is 10.6. The SMILES string of the molecule is C#CCC(C)(C)Nc1ccc(C(=O)O)nc1. The van der Waals surface area contributed by atoms with E-state index in [1.165, 1.54) is 12.3 Å². The molecule has 0 bridgehead atoms. The van der Waals surface area contributed by atoms with Crippen molar-refractivity contribution >= 4 is 11.7 Å². The van der Waals surface area contributed by atoms with Crippen LogP contribution in [0.3, 0.4) is 0 Å². The Morgan fingerprint density at radius 3 is 2.75 bits per heavy atom. The highest BCUT2D eigenvalue weighted by atomic mass is 16.4. The van der Waals surface area contributed by atoms with E-state index in [9.17, 15) is 4.79 Å². The van der Waals surface area contributed by atoms with Crippen LogP contribution in [-0.4, -0.2) is 21.6 Å². The molecule has 4 nitrogen and oxygen atoms in total. The van der Waals surface area contributed by atoms with Crippen molar-refractivity contribution in [3.05, 3.63) is 24.0 Å². The van der Waals surface area contributed by atoms with Crippen molar-refractivity contribution in [1.82, 2.24) is 4.98 Å². The molecule has 0 aliphatic heterocycles. The third-order valence-electron chi connectivity index (χ3n) is 2.01. The number of carboxylic acid groups (broad SMARTS) is 1. The lowest BCUT2D eigenvalue weighted by atomic mass is 10.0. The van der Waals surface area contributed by atoms with Crippen LogP contribution in [0.5, 0.6) is 0 Å². The number of nitrogens with one attached hydrogen (secondary N) is 1. The number of hydrogen-bond donors (Lipinski definition) is 2. The number of carbonyl (C=O) groups is 1. The molecule has 16 heavy (non-hydrogen) atoms. The van der Waals surface area contributed by atoms with Gasteiger partial charge in [-0.15, -0.1) is 12.3 Å². The molecule has 84 valence electrons. The molecule has 1 heterocycles. The van der Waals surface area contributed by atoms with Gasteiger partial charge in [-0.05, 0) is 26.0 Å². The molecule has 0 unspecified atom stereocenters. The zero-order chi connectivity index (χ0) is 12.2. The fraction of sp³-hybridized carbons (Fsp3) is 0.333. The van der Waals surface area contributed by atoms with Gasteiger partial charge in [0.15, 0.2) is 0 Å². The van der Waals surface area contributed by atoms with E-state index < -0.39 is 5.97 Å². The van der Waals surface area contributed by atoms with Gasteiger partial charge in [0.1, 0.15) is 5.69 Å². The van der Waals surface area contributed by atoms with Crippen LogP contribution in [0.4, 0.5) is 5.69 Å². The Bertz CT molecular complexity index is 416. The molecular formula is C12H14N2O2. The molecule has 0 saturated heterocycles. The lowest BCUT2D eigenvalue weighted by Crippen LogP contribution is -2.30. The second-order valence-electron chi connectivity index (χ2n) is 4.13. The van der Waals surface area contributed by atoms with Crippen molar-refractivity contribution in [1.29, 1.82) is 0 Å². The number of aromatic nitrogens is 1. The molecule has 2 N–H and O–H groups in total. The van der Waals surface area contributed by atoms with Gasteiger partial charge in [0.25, 0.3) is 0 Å². The Hall–Kier alpha value is -2.02. The summed E-state index contributed by atoms with van der Waals surface area (Å²) < 4.78 is 0. The minimum atomic E-state index is -1.03. The summed E-state index contributed by atoms with van der Waals surface area (Å²) in [7, 11) is 0.